The number of hydrogen-bond donors (Lipinski definition) is 0. The summed E-state index contributed by atoms with van der Waals surface area (Å²) in [5.74, 6) is 3.59. The van der Waals surface area contributed by atoms with E-state index in [0.717, 1.165) is 61.0 Å². The Kier molecular flexibility index (Phi) is 4.56. The molecule has 200 valence electrons. The zero-order valence-electron chi connectivity index (χ0n) is 23.4. The molecule has 3 aliphatic rings. The van der Waals surface area contributed by atoms with Crippen LogP contribution in [0.3, 0.4) is 0 Å². The Balaban J connectivity index is 1.42. The first-order valence-electron chi connectivity index (χ1n) is 14.2. The number of fused-ring (bicyclic) bond motifs is 10. The molecule has 0 saturated heterocycles. The quantitative estimate of drug-likeness (QED) is 0.243. The number of aromatic nitrogens is 2. The van der Waals surface area contributed by atoms with Gasteiger partial charge in [-0.1, -0.05) is 106 Å². The minimum Gasteiger partial charge on any atom is -0.523 e. The van der Waals surface area contributed by atoms with Gasteiger partial charge in [-0.3, -0.25) is 8.96 Å². The highest BCUT2D eigenvalue weighted by Crippen LogP contribution is 2.41. The second-order valence-corrected chi connectivity index (χ2v) is 12.0. The van der Waals surface area contributed by atoms with E-state index >= 15 is 0 Å². The smallest absolute Gasteiger partial charge is 0.523 e. The summed E-state index contributed by atoms with van der Waals surface area (Å²) in [6, 6.07) is 33.1. The summed E-state index contributed by atoms with van der Waals surface area (Å²) < 4.78 is 11.2. The second kappa shape index (κ2) is 8.16. The maximum atomic E-state index is 6.95. The lowest BCUT2D eigenvalue weighted by atomic mass is 9.87. The fraction of sp³-hybridized carbons (Fsp3) is 0.118. The largest absolute Gasteiger partial charge is 0.633 e. The molecule has 0 amide bonds. The lowest BCUT2D eigenvalue weighted by Gasteiger charge is -2.24. The Labute approximate surface area is 242 Å². The van der Waals surface area contributed by atoms with Crippen molar-refractivity contribution in [1.82, 2.24) is 8.96 Å². The van der Waals surface area contributed by atoms with Crippen molar-refractivity contribution in [3.63, 3.8) is 0 Å². The molecule has 4 aromatic carbocycles. The minimum absolute atomic E-state index is 0.0419. The van der Waals surface area contributed by atoms with E-state index in [0.29, 0.717) is 11.7 Å². The molecule has 5 heterocycles. The first-order valence-corrected chi connectivity index (χ1v) is 14.2. The predicted octanol–water partition coefficient (Wildman–Crippen LogP) is 6.09. The van der Waals surface area contributed by atoms with Gasteiger partial charge < -0.3 is 4.65 Å². The Morgan fingerprint density at radius 1 is 0.548 bits per heavy atom. The van der Waals surface area contributed by atoms with Gasteiger partial charge in [0.25, 0.3) is 0 Å². The van der Waals surface area contributed by atoms with Crippen molar-refractivity contribution in [2.45, 2.75) is 26.2 Å². The molecule has 6 aromatic rings. The third kappa shape index (κ3) is 3.17. The third-order valence-electron chi connectivity index (χ3n) is 8.39. The number of nitrogens with zero attached hydrogens (tertiary/aromatic N) is 6. The molecular formula is C34H25BN6O. The summed E-state index contributed by atoms with van der Waals surface area (Å²) in [4.78, 5) is 20.7. The van der Waals surface area contributed by atoms with Crippen molar-refractivity contribution in [3.05, 3.63) is 125 Å². The fourth-order valence-electron chi connectivity index (χ4n) is 6.28. The molecule has 9 rings (SSSR count). The Bertz CT molecular complexity index is 2320. The molecule has 0 atom stereocenters. The highest BCUT2D eigenvalue weighted by molar-refractivity contribution is 6.52. The normalized spacial score (nSPS) is 14.7. The lowest BCUT2D eigenvalue weighted by molar-refractivity contribution is 0.527. The minimum atomic E-state index is -0.618. The maximum Gasteiger partial charge on any atom is 0.633 e. The van der Waals surface area contributed by atoms with Gasteiger partial charge in [0.05, 0.1) is 0 Å². The molecule has 0 N–H and O–H groups in total. The number of amidine groups is 2. The number of rotatable bonds is 2. The van der Waals surface area contributed by atoms with Crippen molar-refractivity contribution >= 4 is 52.0 Å². The number of hydrogen-bond acceptors (Lipinski definition) is 5. The van der Waals surface area contributed by atoms with Crippen LogP contribution in [0.4, 0.5) is 11.6 Å². The van der Waals surface area contributed by atoms with Gasteiger partial charge >= 0.3 is 7.19 Å². The van der Waals surface area contributed by atoms with E-state index in [2.05, 4.69) is 90.4 Å². The molecular weight excluding hydrogens is 519 g/mol. The average Bonchev–Trinajstić information content (AvgIpc) is 3.62. The van der Waals surface area contributed by atoms with Gasteiger partial charge in [-0.25, -0.2) is 20.0 Å². The summed E-state index contributed by atoms with van der Waals surface area (Å²) in [5.41, 5.74) is 4.78. The van der Waals surface area contributed by atoms with Crippen LogP contribution in [-0.4, -0.2) is 27.8 Å². The van der Waals surface area contributed by atoms with Gasteiger partial charge in [0.1, 0.15) is 28.4 Å². The molecule has 0 aliphatic carbocycles. The summed E-state index contributed by atoms with van der Waals surface area (Å²) in [6.45, 7) is 6.65. The highest BCUT2D eigenvalue weighted by atomic mass is 16.5. The van der Waals surface area contributed by atoms with Crippen LogP contribution in [0.15, 0.2) is 117 Å². The molecule has 7 nitrogen and oxygen atoms in total. The van der Waals surface area contributed by atoms with Crippen molar-refractivity contribution in [2.24, 2.45) is 20.0 Å². The Hall–Kier alpha value is -5.24. The molecule has 0 spiro atoms. The molecule has 0 unspecified atom stereocenters. The van der Waals surface area contributed by atoms with Gasteiger partial charge in [0, 0.05) is 32.7 Å². The van der Waals surface area contributed by atoms with E-state index in [1.807, 2.05) is 36.4 Å². The van der Waals surface area contributed by atoms with E-state index in [-0.39, 0.29) is 5.41 Å². The van der Waals surface area contributed by atoms with E-state index in [9.17, 15) is 0 Å². The van der Waals surface area contributed by atoms with Crippen molar-refractivity contribution in [2.75, 3.05) is 0 Å². The van der Waals surface area contributed by atoms with E-state index in [1.165, 1.54) is 5.56 Å². The van der Waals surface area contributed by atoms with Crippen LogP contribution in [0.1, 0.15) is 37.5 Å². The first-order chi connectivity index (χ1) is 20.5. The standard InChI is InChI=1S/C34H25BN6O/c1-34(2,3)20-16-18-21(19-17-20)42-35-40-30-24-12-6-8-14-26(24)32(40)39-33-27-15-9-7-13-25(27)31(41(33)35)38-29-23-11-5-4-10-22(23)28(36-29)37-30/h4-19H,1-3H3. The van der Waals surface area contributed by atoms with E-state index < -0.39 is 7.19 Å². The van der Waals surface area contributed by atoms with Crippen molar-refractivity contribution < 1.29 is 4.65 Å². The maximum absolute atomic E-state index is 6.95. The van der Waals surface area contributed by atoms with Crippen LogP contribution in [0, 0.1) is 0 Å². The molecule has 3 aliphatic heterocycles. The Morgan fingerprint density at radius 2 is 1.07 bits per heavy atom. The second-order valence-electron chi connectivity index (χ2n) is 12.0. The van der Waals surface area contributed by atoms with Crippen LogP contribution in [0.5, 0.6) is 5.75 Å². The molecule has 2 aromatic heterocycles. The average molecular weight is 544 g/mol. The molecule has 0 fully saturated rings. The van der Waals surface area contributed by atoms with Crippen molar-refractivity contribution in [3.8, 4) is 5.75 Å². The van der Waals surface area contributed by atoms with Gasteiger partial charge in [0.2, 0.25) is 0 Å². The first kappa shape index (κ1) is 23.5. The summed E-state index contributed by atoms with van der Waals surface area (Å²) in [6.07, 6.45) is 0. The van der Waals surface area contributed by atoms with Gasteiger partial charge in [-0.15, -0.1) is 0 Å². The van der Waals surface area contributed by atoms with Crippen molar-refractivity contribution in [1.29, 1.82) is 0 Å². The van der Waals surface area contributed by atoms with Gasteiger partial charge in [-0.05, 0) is 23.1 Å². The van der Waals surface area contributed by atoms with Crippen LogP contribution < -0.4 is 15.6 Å². The number of aliphatic imine (C=N–C) groups is 2. The third-order valence-corrected chi connectivity index (χ3v) is 8.39. The van der Waals surface area contributed by atoms with Crippen LogP contribution in [-0.2, 0) is 5.41 Å². The topological polar surface area (TPSA) is 68.5 Å². The zero-order valence-corrected chi connectivity index (χ0v) is 23.4. The van der Waals surface area contributed by atoms with Gasteiger partial charge in [0.15, 0.2) is 11.7 Å². The van der Waals surface area contributed by atoms with Gasteiger partial charge in [-0.2, -0.15) is 0 Å². The zero-order chi connectivity index (χ0) is 28.2. The molecule has 8 heteroatoms. The van der Waals surface area contributed by atoms with Crippen LogP contribution in [0.25, 0.3) is 21.5 Å². The lowest BCUT2D eigenvalue weighted by Crippen LogP contribution is -2.52. The molecule has 42 heavy (non-hydrogen) atoms. The van der Waals surface area contributed by atoms with Crippen LogP contribution >= 0.6 is 0 Å². The van der Waals surface area contributed by atoms with E-state index in [4.69, 9.17) is 24.6 Å². The number of benzene rings is 4. The summed E-state index contributed by atoms with van der Waals surface area (Å²) >= 11 is 0. The van der Waals surface area contributed by atoms with E-state index in [1.54, 1.807) is 0 Å². The molecule has 0 saturated carbocycles. The SMILES string of the molecule is CC(C)(C)c1ccc(OB2n3c4c5ccccc5c3N=c3c5ccccc5c(n32)=NC2=NC(=N4)c3ccccc32)cc1. The summed E-state index contributed by atoms with van der Waals surface area (Å²) in [5, 5.41) is 4.02. The predicted molar refractivity (Wildman–Crippen MR) is 167 cm³/mol. The molecule has 0 radical (unpaired) electrons. The fourth-order valence-corrected chi connectivity index (χ4v) is 6.28. The van der Waals surface area contributed by atoms with Crippen LogP contribution in [0.2, 0.25) is 0 Å². The monoisotopic (exact) mass is 544 g/mol. The Morgan fingerprint density at radius 3 is 1.69 bits per heavy atom. The highest BCUT2D eigenvalue weighted by Gasteiger charge is 2.40. The summed E-state index contributed by atoms with van der Waals surface area (Å²) in [7, 11) is -0.618. The molecule has 4 bridgehead atoms.